The van der Waals surface area contributed by atoms with Crippen LogP contribution in [-0.2, 0) is 25.6 Å². The monoisotopic (exact) mass is 553 g/mol. The number of hydrogen-bond donors (Lipinski definition) is 2. The lowest BCUT2D eigenvalue weighted by Crippen LogP contribution is -2.52. The summed E-state index contributed by atoms with van der Waals surface area (Å²) in [5, 5.41) is 10.1. The molecule has 3 aromatic carbocycles. The molecule has 1 heterocycles. The number of carbonyl (C=O) groups excluding carboxylic acids is 3. The topological polar surface area (TPSA) is 106 Å². The maximum absolute atomic E-state index is 13.1. The summed E-state index contributed by atoms with van der Waals surface area (Å²) < 4.78 is 4.91. The Labute approximate surface area is 229 Å². The summed E-state index contributed by atoms with van der Waals surface area (Å²) in [6.07, 6.45) is 0.409. The van der Waals surface area contributed by atoms with Gasteiger partial charge in [-0.15, -0.1) is 0 Å². The second-order valence-electron chi connectivity index (χ2n) is 8.90. The van der Waals surface area contributed by atoms with E-state index in [-0.39, 0.29) is 28.5 Å². The Bertz CT molecular complexity index is 1360. The summed E-state index contributed by atoms with van der Waals surface area (Å²) in [6.45, 7) is 1.62. The van der Waals surface area contributed by atoms with Gasteiger partial charge in [0, 0.05) is 18.5 Å². The number of halogens is 2. The van der Waals surface area contributed by atoms with Gasteiger partial charge in [-0.3, -0.25) is 9.59 Å². The first-order chi connectivity index (χ1) is 18.2. The second-order valence-corrected chi connectivity index (χ2v) is 9.72. The Morgan fingerprint density at radius 1 is 1.00 bits per heavy atom. The number of hydrogen-bond acceptors (Lipinski definition) is 6. The zero-order chi connectivity index (χ0) is 27.3. The fourth-order valence-electron chi connectivity index (χ4n) is 3.96. The van der Waals surface area contributed by atoms with E-state index in [2.05, 4.69) is 15.8 Å². The smallest absolute Gasteiger partial charge is 0.328 e. The van der Waals surface area contributed by atoms with Gasteiger partial charge in [-0.2, -0.15) is 0 Å². The van der Waals surface area contributed by atoms with E-state index >= 15 is 0 Å². The van der Waals surface area contributed by atoms with Crippen LogP contribution in [0.15, 0.2) is 78.0 Å². The van der Waals surface area contributed by atoms with Gasteiger partial charge in [0.15, 0.2) is 0 Å². The lowest BCUT2D eigenvalue weighted by Gasteiger charge is -2.24. The first-order valence-electron chi connectivity index (χ1n) is 11.7. The molecule has 38 heavy (non-hydrogen) atoms. The third-order valence-electron chi connectivity index (χ3n) is 6.08. The van der Waals surface area contributed by atoms with Crippen LogP contribution >= 0.6 is 23.2 Å². The normalized spacial score (nSPS) is 17.1. The Hall–Kier alpha value is -3.88. The van der Waals surface area contributed by atoms with Crippen LogP contribution in [0.3, 0.4) is 0 Å². The molecule has 0 fully saturated rings. The van der Waals surface area contributed by atoms with Crippen molar-refractivity contribution in [3.05, 3.63) is 99.5 Å². The maximum Gasteiger partial charge on any atom is 0.328 e. The van der Waals surface area contributed by atoms with Gasteiger partial charge in [-0.05, 0) is 42.3 Å². The summed E-state index contributed by atoms with van der Waals surface area (Å²) in [7, 11) is 1.25. The molecule has 10 heteroatoms. The van der Waals surface area contributed by atoms with Crippen LogP contribution in [-0.4, -0.2) is 42.2 Å². The summed E-state index contributed by atoms with van der Waals surface area (Å²) in [5.41, 5.74) is 1.64. The molecule has 0 saturated heterocycles. The Morgan fingerprint density at radius 2 is 1.66 bits per heavy atom. The van der Waals surface area contributed by atoms with Crippen LogP contribution in [0.5, 0.6) is 0 Å². The summed E-state index contributed by atoms with van der Waals surface area (Å²) in [6, 6.07) is 20.1. The highest BCUT2D eigenvalue weighted by molar-refractivity contribution is 6.40. The average molecular weight is 554 g/mol. The van der Waals surface area contributed by atoms with E-state index in [1.54, 1.807) is 49.4 Å². The van der Waals surface area contributed by atoms with Gasteiger partial charge in [-0.25, -0.2) is 4.79 Å². The number of nitrogens with zero attached hydrogens (tertiary/aromatic N) is 1. The first kappa shape index (κ1) is 27.2. The van der Waals surface area contributed by atoms with Crippen molar-refractivity contribution in [1.29, 1.82) is 0 Å². The summed E-state index contributed by atoms with van der Waals surface area (Å²) >= 11 is 12.2. The molecule has 4 rings (SSSR count). The fraction of sp³-hybridized carbons (Fsp3) is 0.214. The number of esters is 1. The number of methoxy groups -OCH3 is 1. The van der Waals surface area contributed by atoms with Crippen molar-refractivity contribution in [2.45, 2.75) is 31.4 Å². The van der Waals surface area contributed by atoms with E-state index in [0.29, 0.717) is 11.4 Å². The predicted octanol–water partition coefficient (Wildman–Crippen LogP) is 5.03. The van der Waals surface area contributed by atoms with Gasteiger partial charge < -0.3 is 20.2 Å². The lowest BCUT2D eigenvalue weighted by atomic mass is 9.94. The highest BCUT2D eigenvalue weighted by Crippen LogP contribution is 2.28. The van der Waals surface area contributed by atoms with Crippen molar-refractivity contribution in [2.24, 2.45) is 5.16 Å². The number of ether oxygens (including phenoxy) is 1. The standard InChI is InChI=1S/C28H25Cl2N3O5/c1-28(16-23(33-38-28)18-7-4-3-5-8-18)27(36)32-22(26(35)37-2)15-17-11-13-19(14-12-17)31-25(34)24-20(29)9-6-10-21(24)30/h3-14,22H,15-16H2,1-2H3,(H,31,34)(H,32,36)/t22?,28-/m0/s1. The van der Waals surface area contributed by atoms with Gasteiger partial charge in [0.05, 0.1) is 28.4 Å². The average Bonchev–Trinajstić information content (AvgIpc) is 3.32. The van der Waals surface area contributed by atoms with Crippen LogP contribution in [0, 0.1) is 0 Å². The van der Waals surface area contributed by atoms with Crippen molar-refractivity contribution in [2.75, 3.05) is 12.4 Å². The van der Waals surface area contributed by atoms with E-state index in [1.165, 1.54) is 7.11 Å². The molecular weight excluding hydrogens is 529 g/mol. The molecule has 0 aliphatic carbocycles. The van der Waals surface area contributed by atoms with Crippen LogP contribution in [0.1, 0.15) is 34.8 Å². The SMILES string of the molecule is COC(=O)C(Cc1ccc(NC(=O)c2c(Cl)cccc2Cl)cc1)NC(=O)[C@]1(C)CC(c2ccccc2)=NO1. The van der Waals surface area contributed by atoms with Crippen molar-refractivity contribution in [3.63, 3.8) is 0 Å². The summed E-state index contributed by atoms with van der Waals surface area (Å²) in [5.74, 6) is -1.53. The van der Waals surface area contributed by atoms with Gasteiger partial charge in [-0.1, -0.05) is 76.9 Å². The second kappa shape index (κ2) is 11.7. The van der Waals surface area contributed by atoms with E-state index in [9.17, 15) is 14.4 Å². The fourth-order valence-corrected chi connectivity index (χ4v) is 4.53. The molecule has 0 bridgehead atoms. The highest BCUT2D eigenvalue weighted by Gasteiger charge is 2.43. The Kier molecular flexibility index (Phi) is 8.34. The van der Waals surface area contributed by atoms with Crippen molar-refractivity contribution >= 4 is 52.4 Å². The molecule has 2 amide bonds. The molecule has 0 saturated carbocycles. The Morgan fingerprint density at radius 3 is 2.29 bits per heavy atom. The lowest BCUT2D eigenvalue weighted by molar-refractivity contribution is -0.150. The van der Waals surface area contributed by atoms with Crippen molar-refractivity contribution in [1.82, 2.24) is 5.32 Å². The van der Waals surface area contributed by atoms with E-state index in [4.69, 9.17) is 32.8 Å². The van der Waals surface area contributed by atoms with E-state index in [1.807, 2.05) is 30.3 Å². The summed E-state index contributed by atoms with van der Waals surface area (Å²) in [4.78, 5) is 43.8. The molecule has 0 radical (unpaired) electrons. The van der Waals surface area contributed by atoms with E-state index in [0.717, 1.165) is 11.1 Å². The quantitative estimate of drug-likeness (QED) is 0.380. The third kappa shape index (κ3) is 6.15. The number of rotatable bonds is 8. The number of amides is 2. The Balaban J connectivity index is 1.41. The van der Waals surface area contributed by atoms with Crippen LogP contribution < -0.4 is 10.6 Å². The molecule has 3 aromatic rings. The first-order valence-corrected chi connectivity index (χ1v) is 12.5. The van der Waals surface area contributed by atoms with Gasteiger partial charge in [0.25, 0.3) is 11.8 Å². The minimum Gasteiger partial charge on any atom is -0.467 e. The maximum atomic E-state index is 13.1. The molecule has 0 aromatic heterocycles. The highest BCUT2D eigenvalue weighted by atomic mass is 35.5. The largest absolute Gasteiger partial charge is 0.467 e. The minimum absolute atomic E-state index is 0.158. The van der Waals surface area contributed by atoms with Gasteiger partial charge in [0.2, 0.25) is 5.60 Å². The van der Waals surface area contributed by atoms with Crippen LogP contribution in [0.25, 0.3) is 0 Å². The number of oxime groups is 1. The molecular formula is C28H25Cl2N3O5. The number of benzene rings is 3. The molecule has 8 nitrogen and oxygen atoms in total. The van der Waals surface area contributed by atoms with Crippen LogP contribution in [0.4, 0.5) is 5.69 Å². The predicted molar refractivity (Wildman–Crippen MR) is 146 cm³/mol. The minimum atomic E-state index is -1.27. The molecule has 0 spiro atoms. The zero-order valence-corrected chi connectivity index (χ0v) is 22.2. The van der Waals surface area contributed by atoms with Crippen LogP contribution in [0.2, 0.25) is 10.0 Å². The van der Waals surface area contributed by atoms with Crippen molar-refractivity contribution in [3.8, 4) is 0 Å². The molecule has 2 atom stereocenters. The third-order valence-corrected chi connectivity index (χ3v) is 6.71. The number of nitrogens with one attached hydrogen (secondary N) is 2. The molecule has 2 N–H and O–H groups in total. The van der Waals surface area contributed by atoms with Gasteiger partial charge in [0.1, 0.15) is 6.04 Å². The van der Waals surface area contributed by atoms with Crippen molar-refractivity contribution < 1.29 is 24.0 Å². The number of carbonyl (C=O) groups is 3. The molecule has 1 aliphatic heterocycles. The molecule has 1 aliphatic rings. The van der Waals surface area contributed by atoms with E-state index < -0.39 is 29.4 Å². The molecule has 1 unspecified atom stereocenters. The number of anilines is 1. The zero-order valence-electron chi connectivity index (χ0n) is 20.7. The van der Waals surface area contributed by atoms with Gasteiger partial charge >= 0.3 is 5.97 Å². The molecule has 196 valence electrons.